The number of aryl methyl sites for hydroxylation is 1. The lowest BCUT2D eigenvalue weighted by molar-refractivity contribution is 0.0691. The molecule has 0 unspecified atom stereocenters. The summed E-state index contributed by atoms with van der Waals surface area (Å²) in [4.78, 5) is 10.5. The van der Waals surface area contributed by atoms with Gasteiger partial charge in [-0.1, -0.05) is 6.07 Å². The summed E-state index contributed by atoms with van der Waals surface area (Å²) in [6, 6.07) is 2.75. The average Bonchev–Trinajstić information content (AvgIpc) is 2.00. The van der Waals surface area contributed by atoms with Crippen LogP contribution in [0.1, 0.15) is 15.9 Å². The van der Waals surface area contributed by atoms with E-state index in [-0.39, 0.29) is 10.5 Å². The topological polar surface area (TPSA) is 37.3 Å². The highest BCUT2D eigenvalue weighted by atomic mass is 32.1. The maximum atomic E-state index is 13.1. The van der Waals surface area contributed by atoms with Crippen LogP contribution in [0.15, 0.2) is 17.0 Å². The van der Waals surface area contributed by atoms with Gasteiger partial charge in [-0.3, -0.25) is 0 Å². The molecule has 0 aromatic heterocycles. The first kappa shape index (κ1) is 9.06. The molecule has 2 nitrogen and oxygen atoms in total. The molecule has 0 bridgehead atoms. The Kier molecular flexibility index (Phi) is 2.38. The first-order chi connectivity index (χ1) is 5.54. The molecular formula is C8H7FO2S. The number of thiol groups is 1. The molecular weight excluding hydrogens is 179 g/mol. The van der Waals surface area contributed by atoms with Crippen molar-refractivity contribution in [3.05, 3.63) is 29.1 Å². The molecule has 1 aromatic carbocycles. The number of aromatic carboxylic acids is 1. The van der Waals surface area contributed by atoms with Gasteiger partial charge in [0.1, 0.15) is 0 Å². The summed E-state index contributed by atoms with van der Waals surface area (Å²) in [5.41, 5.74) is 0.284. The van der Waals surface area contributed by atoms with E-state index >= 15 is 0 Å². The van der Waals surface area contributed by atoms with Crippen LogP contribution in [0, 0.1) is 12.7 Å². The Hall–Kier alpha value is -1.03. The fourth-order valence-corrected chi connectivity index (χ4v) is 1.02. The maximum Gasteiger partial charge on any atom is 0.338 e. The number of hydrogen-bond donors (Lipinski definition) is 2. The molecule has 0 atom stereocenters. The summed E-state index contributed by atoms with van der Waals surface area (Å²) in [6.45, 7) is 1.66. The zero-order valence-electron chi connectivity index (χ0n) is 6.34. The van der Waals surface area contributed by atoms with Crippen molar-refractivity contribution in [2.75, 3.05) is 0 Å². The summed E-state index contributed by atoms with van der Waals surface area (Å²) in [6.07, 6.45) is 0. The number of halogens is 1. The number of hydrogen-bond acceptors (Lipinski definition) is 2. The highest BCUT2D eigenvalue weighted by Gasteiger charge is 2.13. The van der Waals surface area contributed by atoms with E-state index in [1.165, 1.54) is 12.1 Å². The summed E-state index contributed by atoms with van der Waals surface area (Å²) in [7, 11) is 0. The smallest absolute Gasteiger partial charge is 0.338 e. The minimum atomic E-state index is -1.28. The van der Waals surface area contributed by atoms with E-state index in [2.05, 4.69) is 12.6 Å². The molecule has 1 aromatic rings. The Balaban J connectivity index is 3.36. The van der Waals surface area contributed by atoms with E-state index in [9.17, 15) is 9.18 Å². The normalized spacial score (nSPS) is 9.92. The van der Waals surface area contributed by atoms with Crippen molar-refractivity contribution in [2.45, 2.75) is 11.8 Å². The zero-order valence-corrected chi connectivity index (χ0v) is 7.23. The largest absolute Gasteiger partial charge is 0.478 e. The Morgan fingerprint density at radius 1 is 1.58 bits per heavy atom. The van der Waals surface area contributed by atoms with Crippen LogP contribution in [0.5, 0.6) is 0 Å². The second-order valence-electron chi connectivity index (χ2n) is 2.40. The lowest BCUT2D eigenvalue weighted by Crippen LogP contribution is -2.01. The highest BCUT2D eigenvalue weighted by molar-refractivity contribution is 7.80. The molecule has 0 aliphatic carbocycles. The van der Waals surface area contributed by atoms with Gasteiger partial charge in [-0.2, -0.15) is 0 Å². The van der Waals surface area contributed by atoms with Crippen LogP contribution in [0.2, 0.25) is 0 Å². The number of carboxylic acid groups (broad SMARTS) is 1. The van der Waals surface area contributed by atoms with Crippen molar-refractivity contribution in [1.82, 2.24) is 0 Å². The van der Waals surface area contributed by atoms with Gasteiger partial charge in [0.25, 0.3) is 0 Å². The Morgan fingerprint density at radius 3 is 2.67 bits per heavy atom. The first-order valence-electron chi connectivity index (χ1n) is 3.25. The molecule has 1 rings (SSSR count). The minimum Gasteiger partial charge on any atom is -0.478 e. The molecule has 0 spiro atoms. The SMILES string of the molecule is Cc1ccc(C(=O)O)c(F)c1S. The first-order valence-corrected chi connectivity index (χ1v) is 3.70. The predicted molar refractivity (Wildman–Crippen MR) is 45.3 cm³/mol. The fraction of sp³-hybridized carbons (Fsp3) is 0.125. The van der Waals surface area contributed by atoms with Gasteiger partial charge in [0.05, 0.1) is 5.56 Å². The standard InChI is InChI=1S/C8H7FO2S/c1-4-2-3-5(8(10)11)6(9)7(4)12/h2-3,12H,1H3,(H,10,11). The predicted octanol–water partition coefficient (Wildman–Crippen LogP) is 2.12. The van der Waals surface area contributed by atoms with Crippen molar-refractivity contribution < 1.29 is 14.3 Å². The molecule has 0 aliphatic rings. The molecule has 12 heavy (non-hydrogen) atoms. The van der Waals surface area contributed by atoms with Crippen molar-refractivity contribution in [3.8, 4) is 0 Å². The van der Waals surface area contributed by atoms with Crippen LogP contribution in [-0.2, 0) is 0 Å². The van der Waals surface area contributed by atoms with Crippen LogP contribution in [0.4, 0.5) is 4.39 Å². The molecule has 64 valence electrons. The van der Waals surface area contributed by atoms with E-state index in [0.29, 0.717) is 5.56 Å². The Morgan fingerprint density at radius 2 is 2.17 bits per heavy atom. The fourth-order valence-electron chi connectivity index (χ4n) is 0.826. The number of benzene rings is 1. The van der Waals surface area contributed by atoms with Gasteiger partial charge < -0.3 is 5.11 Å². The van der Waals surface area contributed by atoms with Crippen LogP contribution in [-0.4, -0.2) is 11.1 Å². The second kappa shape index (κ2) is 3.15. The maximum absolute atomic E-state index is 13.1. The second-order valence-corrected chi connectivity index (χ2v) is 2.84. The highest BCUT2D eigenvalue weighted by Crippen LogP contribution is 2.20. The summed E-state index contributed by atoms with van der Waals surface area (Å²) >= 11 is 3.84. The number of rotatable bonds is 1. The lowest BCUT2D eigenvalue weighted by atomic mass is 10.1. The van der Waals surface area contributed by atoms with Gasteiger partial charge in [-0.15, -0.1) is 12.6 Å². The molecule has 0 fully saturated rings. The third-order valence-electron chi connectivity index (χ3n) is 1.55. The zero-order chi connectivity index (χ0) is 9.30. The van der Waals surface area contributed by atoms with E-state index in [1.807, 2.05) is 0 Å². The van der Waals surface area contributed by atoms with Crippen molar-refractivity contribution in [1.29, 1.82) is 0 Å². The van der Waals surface area contributed by atoms with E-state index in [4.69, 9.17) is 5.11 Å². The third-order valence-corrected chi connectivity index (χ3v) is 2.10. The molecule has 4 heteroatoms. The molecule has 0 amide bonds. The summed E-state index contributed by atoms with van der Waals surface area (Å²) in [5, 5.41) is 8.51. The van der Waals surface area contributed by atoms with Gasteiger partial charge in [-0.25, -0.2) is 9.18 Å². The summed E-state index contributed by atoms with van der Waals surface area (Å²) < 4.78 is 13.1. The van der Waals surface area contributed by atoms with Crippen molar-refractivity contribution in [2.24, 2.45) is 0 Å². The van der Waals surface area contributed by atoms with Crippen LogP contribution < -0.4 is 0 Å². The Bertz CT molecular complexity index is 336. The molecule has 0 radical (unpaired) electrons. The van der Waals surface area contributed by atoms with E-state index < -0.39 is 11.8 Å². The van der Waals surface area contributed by atoms with Gasteiger partial charge in [0.2, 0.25) is 0 Å². The minimum absolute atomic E-state index is 0.0925. The van der Waals surface area contributed by atoms with E-state index in [0.717, 1.165) is 0 Å². The molecule has 0 saturated heterocycles. The van der Waals surface area contributed by atoms with Gasteiger partial charge in [-0.05, 0) is 18.6 Å². The van der Waals surface area contributed by atoms with Crippen LogP contribution >= 0.6 is 12.6 Å². The molecule has 0 aliphatic heterocycles. The number of carboxylic acids is 1. The Labute approximate surface area is 74.4 Å². The summed E-state index contributed by atoms with van der Waals surface area (Å²) in [5.74, 6) is -2.05. The third kappa shape index (κ3) is 1.43. The van der Waals surface area contributed by atoms with Crippen LogP contribution in [0.25, 0.3) is 0 Å². The lowest BCUT2D eigenvalue weighted by Gasteiger charge is -2.02. The van der Waals surface area contributed by atoms with E-state index in [1.54, 1.807) is 6.92 Å². The van der Waals surface area contributed by atoms with Gasteiger partial charge >= 0.3 is 5.97 Å². The number of carbonyl (C=O) groups is 1. The van der Waals surface area contributed by atoms with Crippen molar-refractivity contribution >= 4 is 18.6 Å². The molecule has 1 N–H and O–H groups in total. The van der Waals surface area contributed by atoms with Crippen molar-refractivity contribution in [3.63, 3.8) is 0 Å². The monoisotopic (exact) mass is 186 g/mol. The van der Waals surface area contributed by atoms with Crippen LogP contribution in [0.3, 0.4) is 0 Å². The van der Waals surface area contributed by atoms with Gasteiger partial charge in [0.15, 0.2) is 5.82 Å². The quantitative estimate of drug-likeness (QED) is 0.659. The average molecular weight is 186 g/mol. The van der Waals surface area contributed by atoms with Gasteiger partial charge in [0, 0.05) is 4.90 Å². The molecule has 0 saturated carbocycles. The molecule has 0 heterocycles.